The first kappa shape index (κ1) is 11.5. The number of anilines is 2. The molecule has 0 unspecified atom stereocenters. The molecule has 0 spiro atoms. The van der Waals surface area contributed by atoms with Gasteiger partial charge in [-0.15, -0.1) is 0 Å². The Morgan fingerprint density at radius 2 is 2.12 bits per heavy atom. The first-order valence-electron chi connectivity index (χ1n) is 4.78. The smallest absolute Gasteiger partial charge is 0.306 e. The lowest BCUT2D eigenvalue weighted by molar-refractivity contribution is -0.384. The zero-order chi connectivity index (χ0) is 12.3. The Morgan fingerprint density at radius 3 is 2.76 bits per heavy atom. The predicted molar refractivity (Wildman–Crippen MR) is 68.3 cm³/mol. The number of nitrogens with zero attached hydrogens (tertiary/aromatic N) is 2. The molecule has 0 aliphatic rings. The Bertz CT molecular complexity index is 546. The molecule has 0 amide bonds. The van der Waals surface area contributed by atoms with Crippen molar-refractivity contribution >= 4 is 33.0 Å². The molecule has 1 aromatic heterocycles. The molecule has 6 heteroatoms. The van der Waals surface area contributed by atoms with Gasteiger partial charge in [0.25, 0.3) is 0 Å². The van der Waals surface area contributed by atoms with E-state index in [0.29, 0.717) is 15.8 Å². The fraction of sp³-hybridized carbons (Fsp3) is 0. The van der Waals surface area contributed by atoms with Gasteiger partial charge in [0.15, 0.2) is 0 Å². The number of nitro groups is 1. The van der Waals surface area contributed by atoms with Crippen LogP contribution in [0.5, 0.6) is 0 Å². The summed E-state index contributed by atoms with van der Waals surface area (Å²) < 4.78 is 0.441. The predicted octanol–water partition coefficient (Wildman–Crippen LogP) is 3.50. The number of nitro benzene ring substituents is 1. The average Bonchev–Trinajstić information content (AvgIpc) is 2.30. The topological polar surface area (TPSA) is 68.1 Å². The molecule has 0 fully saturated rings. The summed E-state index contributed by atoms with van der Waals surface area (Å²) >= 11 is 3.16. The maximum absolute atomic E-state index is 11.0. The summed E-state index contributed by atoms with van der Waals surface area (Å²) in [5.74, 6) is 0. The molecule has 17 heavy (non-hydrogen) atoms. The van der Waals surface area contributed by atoms with Crippen molar-refractivity contribution in [2.24, 2.45) is 0 Å². The van der Waals surface area contributed by atoms with Gasteiger partial charge in [-0.1, -0.05) is 6.07 Å². The van der Waals surface area contributed by atoms with Gasteiger partial charge in [0.2, 0.25) is 0 Å². The second kappa shape index (κ2) is 4.92. The van der Waals surface area contributed by atoms with Crippen molar-refractivity contribution < 1.29 is 4.92 Å². The van der Waals surface area contributed by atoms with E-state index < -0.39 is 4.92 Å². The number of benzene rings is 1. The van der Waals surface area contributed by atoms with E-state index in [4.69, 9.17) is 0 Å². The van der Waals surface area contributed by atoms with Crippen LogP contribution in [0.15, 0.2) is 47.2 Å². The van der Waals surface area contributed by atoms with Crippen molar-refractivity contribution in [2.75, 3.05) is 5.32 Å². The molecular formula is C11H8BrN3O2. The SMILES string of the molecule is O=[N+]([O-])c1c(Br)cccc1Nc1cccnc1. The van der Waals surface area contributed by atoms with Gasteiger partial charge in [-0.05, 0) is 40.2 Å². The van der Waals surface area contributed by atoms with Crippen LogP contribution < -0.4 is 5.32 Å². The number of hydrogen-bond acceptors (Lipinski definition) is 4. The molecule has 0 radical (unpaired) electrons. The maximum Gasteiger partial charge on any atom is 0.306 e. The van der Waals surface area contributed by atoms with Gasteiger partial charge in [0.05, 0.1) is 21.3 Å². The minimum atomic E-state index is -0.428. The van der Waals surface area contributed by atoms with E-state index in [1.54, 1.807) is 42.7 Å². The van der Waals surface area contributed by atoms with Gasteiger partial charge in [-0.25, -0.2) is 0 Å². The van der Waals surface area contributed by atoms with Crippen LogP contribution in [0, 0.1) is 10.1 Å². The van der Waals surface area contributed by atoms with E-state index in [1.807, 2.05) is 0 Å². The Hall–Kier alpha value is -1.95. The monoisotopic (exact) mass is 293 g/mol. The molecule has 0 saturated carbocycles. The Labute approximate surface area is 106 Å². The van der Waals surface area contributed by atoms with Crippen molar-refractivity contribution in [3.05, 3.63) is 57.3 Å². The molecule has 2 rings (SSSR count). The molecular weight excluding hydrogens is 286 g/mol. The standard InChI is InChI=1S/C11H8BrN3O2/c12-9-4-1-5-10(11(9)15(16)17)14-8-3-2-6-13-7-8/h1-7,14H. The van der Waals surface area contributed by atoms with Crippen molar-refractivity contribution in [1.29, 1.82) is 0 Å². The fourth-order valence-corrected chi connectivity index (χ4v) is 1.90. The number of pyridine rings is 1. The van der Waals surface area contributed by atoms with Crippen LogP contribution in [0.4, 0.5) is 17.1 Å². The zero-order valence-electron chi connectivity index (χ0n) is 8.63. The van der Waals surface area contributed by atoms with E-state index in [2.05, 4.69) is 26.2 Å². The maximum atomic E-state index is 11.0. The number of para-hydroxylation sites is 1. The second-order valence-corrected chi connectivity index (χ2v) is 4.11. The van der Waals surface area contributed by atoms with E-state index in [0.717, 1.165) is 0 Å². The fourth-order valence-electron chi connectivity index (χ4n) is 1.39. The lowest BCUT2D eigenvalue weighted by atomic mass is 10.2. The molecule has 1 N–H and O–H groups in total. The van der Waals surface area contributed by atoms with Crippen LogP contribution in [0.2, 0.25) is 0 Å². The van der Waals surface area contributed by atoms with E-state index >= 15 is 0 Å². The highest BCUT2D eigenvalue weighted by Gasteiger charge is 2.17. The molecule has 2 aromatic rings. The molecule has 1 heterocycles. The van der Waals surface area contributed by atoms with Crippen LogP contribution in [-0.4, -0.2) is 9.91 Å². The quantitative estimate of drug-likeness (QED) is 0.695. The first-order chi connectivity index (χ1) is 8.18. The van der Waals surface area contributed by atoms with E-state index in [1.165, 1.54) is 0 Å². The van der Waals surface area contributed by atoms with Gasteiger partial charge in [-0.2, -0.15) is 0 Å². The largest absolute Gasteiger partial charge is 0.349 e. The third kappa shape index (κ3) is 2.59. The van der Waals surface area contributed by atoms with E-state index in [9.17, 15) is 10.1 Å². The summed E-state index contributed by atoms with van der Waals surface area (Å²) in [6.07, 6.45) is 3.24. The molecule has 0 aliphatic heterocycles. The van der Waals surface area contributed by atoms with Crippen molar-refractivity contribution in [2.45, 2.75) is 0 Å². The molecule has 1 aromatic carbocycles. The van der Waals surface area contributed by atoms with Crippen molar-refractivity contribution in [3.8, 4) is 0 Å². The van der Waals surface area contributed by atoms with E-state index in [-0.39, 0.29) is 5.69 Å². The summed E-state index contributed by atoms with van der Waals surface area (Å²) in [6.45, 7) is 0. The minimum Gasteiger partial charge on any atom is -0.349 e. The summed E-state index contributed by atoms with van der Waals surface area (Å²) in [6, 6.07) is 8.56. The van der Waals surface area contributed by atoms with Gasteiger partial charge in [0.1, 0.15) is 5.69 Å². The van der Waals surface area contributed by atoms with Gasteiger partial charge in [-0.3, -0.25) is 15.1 Å². The normalized spacial score (nSPS) is 9.94. The van der Waals surface area contributed by atoms with Crippen molar-refractivity contribution in [3.63, 3.8) is 0 Å². The van der Waals surface area contributed by atoms with Gasteiger partial charge in [0, 0.05) is 6.20 Å². The number of rotatable bonds is 3. The number of aromatic nitrogens is 1. The lowest BCUT2D eigenvalue weighted by Gasteiger charge is -2.07. The Balaban J connectivity index is 2.40. The van der Waals surface area contributed by atoms with Crippen LogP contribution in [0.1, 0.15) is 0 Å². The Morgan fingerprint density at radius 1 is 1.29 bits per heavy atom. The highest BCUT2D eigenvalue weighted by molar-refractivity contribution is 9.10. The average molecular weight is 294 g/mol. The van der Waals surface area contributed by atoms with Crippen LogP contribution in [0.3, 0.4) is 0 Å². The third-order valence-electron chi connectivity index (χ3n) is 2.11. The molecule has 0 aliphatic carbocycles. The molecule has 5 nitrogen and oxygen atoms in total. The highest BCUT2D eigenvalue weighted by Crippen LogP contribution is 2.34. The van der Waals surface area contributed by atoms with Gasteiger partial charge < -0.3 is 5.32 Å². The highest BCUT2D eigenvalue weighted by atomic mass is 79.9. The number of halogens is 1. The third-order valence-corrected chi connectivity index (χ3v) is 2.75. The zero-order valence-corrected chi connectivity index (χ0v) is 10.2. The minimum absolute atomic E-state index is 0.0105. The van der Waals surface area contributed by atoms with Crippen molar-refractivity contribution in [1.82, 2.24) is 4.98 Å². The molecule has 0 bridgehead atoms. The second-order valence-electron chi connectivity index (χ2n) is 3.26. The first-order valence-corrected chi connectivity index (χ1v) is 5.58. The van der Waals surface area contributed by atoms with Crippen LogP contribution in [0.25, 0.3) is 0 Å². The Kier molecular flexibility index (Phi) is 3.34. The summed E-state index contributed by atoms with van der Waals surface area (Å²) in [4.78, 5) is 14.5. The summed E-state index contributed by atoms with van der Waals surface area (Å²) in [7, 11) is 0. The number of nitrogens with one attached hydrogen (secondary N) is 1. The molecule has 0 atom stereocenters. The summed E-state index contributed by atoms with van der Waals surface area (Å²) in [5.41, 5.74) is 1.14. The van der Waals surface area contributed by atoms with Crippen LogP contribution >= 0.6 is 15.9 Å². The molecule has 0 saturated heterocycles. The summed E-state index contributed by atoms with van der Waals surface area (Å²) in [5, 5.41) is 13.9. The number of hydrogen-bond donors (Lipinski definition) is 1. The molecule has 86 valence electrons. The van der Waals surface area contributed by atoms with Gasteiger partial charge >= 0.3 is 5.69 Å². The van der Waals surface area contributed by atoms with Crippen LogP contribution in [-0.2, 0) is 0 Å². The lowest BCUT2D eigenvalue weighted by Crippen LogP contribution is -1.97.